The molecule has 0 bridgehead atoms. The fraction of sp³-hybridized carbons (Fsp3) is 0.121. The first kappa shape index (κ1) is 31.2. The molecule has 3 N–H and O–H groups in total. The summed E-state index contributed by atoms with van der Waals surface area (Å²) in [6.45, 7) is 0. The Kier molecular flexibility index (Phi) is 10.4. The van der Waals surface area contributed by atoms with Crippen LogP contribution < -0.4 is 0 Å². The molecule has 2 atom stereocenters. The van der Waals surface area contributed by atoms with Crippen LogP contribution in [0.15, 0.2) is 109 Å². The summed E-state index contributed by atoms with van der Waals surface area (Å²) in [4.78, 5) is 0. The summed E-state index contributed by atoms with van der Waals surface area (Å²) in [5.74, 6) is 0. The molecule has 0 spiro atoms. The van der Waals surface area contributed by atoms with Crippen molar-refractivity contribution in [2.24, 2.45) is 0 Å². The zero-order valence-electron chi connectivity index (χ0n) is 22.2. The monoisotopic (exact) mass is 706 g/mol. The fourth-order valence-electron chi connectivity index (χ4n) is 4.49. The van der Waals surface area contributed by atoms with Gasteiger partial charge < -0.3 is 10.2 Å². The largest absolute Gasteiger partial charge is 0.379 e. The number of nitrogens with one attached hydrogen (secondary N) is 1. The van der Waals surface area contributed by atoms with Gasteiger partial charge in [0.1, 0.15) is 11.2 Å². The Morgan fingerprint density at radius 3 is 1.38 bits per heavy atom. The highest BCUT2D eigenvalue weighted by molar-refractivity contribution is 14.1. The summed E-state index contributed by atoms with van der Waals surface area (Å²) in [5, 5.41) is 48.0. The van der Waals surface area contributed by atoms with Gasteiger partial charge in [0.15, 0.2) is 0 Å². The first-order valence-corrected chi connectivity index (χ1v) is 14.6. The molecule has 9 heteroatoms. The minimum Gasteiger partial charge on any atom is -0.379 e. The molecular weight excluding hydrogens is 682 g/mol. The number of nitrogens with zero attached hydrogens (tertiary/aromatic N) is 3. The van der Waals surface area contributed by atoms with Gasteiger partial charge in [0.05, 0.1) is 31.2 Å². The average molecular weight is 707 g/mol. The van der Waals surface area contributed by atoms with Crippen molar-refractivity contribution < 1.29 is 10.2 Å². The van der Waals surface area contributed by atoms with E-state index >= 15 is 0 Å². The fourth-order valence-corrected chi connectivity index (χ4v) is 5.11. The van der Waals surface area contributed by atoms with Gasteiger partial charge in [-0.05, 0) is 86.8 Å². The molecule has 1 heterocycles. The number of hydrogen-bond donors (Lipinski definition) is 3. The first-order valence-electron chi connectivity index (χ1n) is 12.8. The molecular formula is C33H25Cl2IN4O2. The maximum atomic E-state index is 11.1. The van der Waals surface area contributed by atoms with Crippen LogP contribution in [0.25, 0.3) is 11.1 Å². The Morgan fingerprint density at radius 2 is 1.02 bits per heavy atom. The highest BCUT2D eigenvalue weighted by Gasteiger charge is 2.32. The summed E-state index contributed by atoms with van der Waals surface area (Å²) in [5.41, 5.74) is 1.95. The second-order valence-corrected chi connectivity index (χ2v) is 11.6. The summed E-state index contributed by atoms with van der Waals surface area (Å²) in [7, 11) is 0. The Balaban J connectivity index is 0.000000197. The minimum absolute atomic E-state index is 0.00474. The third kappa shape index (κ3) is 7.19. The number of aromatic nitrogens is 2. The number of hydrogen-bond acceptors (Lipinski definition) is 5. The van der Waals surface area contributed by atoms with E-state index < -0.39 is 11.2 Å². The molecule has 1 aromatic heterocycles. The van der Waals surface area contributed by atoms with Gasteiger partial charge in [0.25, 0.3) is 0 Å². The van der Waals surface area contributed by atoms with Crippen molar-refractivity contribution in [3.05, 3.63) is 145 Å². The van der Waals surface area contributed by atoms with Crippen molar-refractivity contribution in [1.29, 1.82) is 10.5 Å². The number of benzene rings is 4. The minimum atomic E-state index is -1.37. The second-order valence-electron chi connectivity index (χ2n) is 9.48. The average Bonchev–Trinajstić information content (AvgIpc) is 3.54. The molecule has 0 fully saturated rings. The van der Waals surface area contributed by atoms with Gasteiger partial charge in [0.2, 0.25) is 0 Å². The van der Waals surface area contributed by atoms with Crippen LogP contribution in [0.5, 0.6) is 0 Å². The maximum Gasteiger partial charge on any atom is 0.128 e. The normalized spacial score (nSPS) is 13.4. The predicted octanol–water partition coefficient (Wildman–Crippen LogP) is 7.97. The third-order valence-electron chi connectivity index (χ3n) is 6.83. The SMILES string of the molecule is N#CCC(O)(c1ccc(Cl)cc1)c1ccc(-c2cn[nH]c2)cc1.N#CCC(O)(c1ccc(Cl)cc1)c1ccc(I)cc1. The third-order valence-corrected chi connectivity index (χ3v) is 8.05. The van der Waals surface area contributed by atoms with Crippen LogP contribution in [-0.2, 0) is 11.2 Å². The summed E-state index contributed by atoms with van der Waals surface area (Å²) in [6.07, 6.45) is 3.49. The van der Waals surface area contributed by atoms with Crippen LogP contribution in [0, 0.1) is 26.2 Å². The van der Waals surface area contributed by atoms with Gasteiger partial charge in [-0.2, -0.15) is 15.6 Å². The predicted molar refractivity (Wildman–Crippen MR) is 173 cm³/mol. The van der Waals surface area contributed by atoms with Gasteiger partial charge in [-0.1, -0.05) is 83.9 Å². The van der Waals surface area contributed by atoms with E-state index in [1.54, 1.807) is 60.9 Å². The zero-order chi connectivity index (χ0) is 30.2. The Bertz CT molecular complexity index is 1630. The quantitative estimate of drug-likeness (QED) is 0.149. The summed E-state index contributed by atoms with van der Waals surface area (Å²) in [6, 6.07) is 32.9. The van der Waals surface area contributed by atoms with Crippen molar-refractivity contribution in [3.8, 4) is 23.3 Å². The molecule has 0 amide bonds. The maximum absolute atomic E-state index is 11.1. The molecule has 0 aliphatic rings. The van der Waals surface area contributed by atoms with Crippen molar-refractivity contribution in [2.75, 3.05) is 0 Å². The number of rotatable bonds is 7. The van der Waals surface area contributed by atoms with E-state index in [-0.39, 0.29) is 12.8 Å². The molecule has 5 rings (SSSR count). The smallest absolute Gasteiger partial charge is 0.128 e. The topological polar surface area (TPSA) is 117 Å². The van der Waals surface area contributed by atoms with Crippen LogP contribution in [-0.4, -0.2) is 20.4 Å². The lowest BCUT2D eigenvalue weighted by molar-refractivity contribution is 0.0856. The Morgan fingerprint density at radius 1 is 0.643 bits per heavy atom. The van der Waals surface area contributed by atoms with Gasteiger partial charge in [0, 0.05) is 25.4 Å². The van der Waals surface area contributed by atoms with E-state index in [0.29, 0.717) is 32.3 Å². The van der Waals surface area contributed by atoms with E-state index in [9.17, 15) is 10.2 Å². The van der Waals surface area contributed by atoms with Crippen LogP contribution in [0.2, 0.25) is 10.0 Å². The van der Waals surface area contributed by atoms with E-state index in [2.05, 4.69) is 38.9 Å². The van der Waals surface area contributed by atoms with Crippen molar-refractivity contribution in [2.45, 2.75) is 24.0 Å². The second kappa shape index (κ2) is 14.0. The molecule has 0 aliphatic heterocycles. The highest BCUT2D eigenvalue weighted by atomic mass is 127. The number of nitriles is 2. The van der Waals surface area contributed by atoms with Crippen LogP contribution in [0.3, 0.4) is 0 Å². The van der Waals surface area contributed by atoms with Crippen molar-refractivity contribution in [1.82, 2.24) is 10.2 Å². The first-order chi connectivity index (χ1) is 20.2. The summed E-state index contributed by atoms with van der Waals surface area (Å²) >= 11 is 14.0. The number of halogens is 3. The highest BCUT2D eigenvalue weighted by Crippen LogP contribution is 2.35. The van der Waals surface area contributed by atoms with E-state index in [4.69, 9.17) is 33.7 Å². The van der Waals surface area contributed by atoms with Crippen LogP contribution >= 0.6 is 45.8 Å². The number of aliphatic hydroxyl groups is 2. The standard InChI is InChI=1S/C18H14ClN3O.C15H11ClINO/c19-17-7-5-16(6-8-17)18(23,9-10-20)15-3-1-13(2-4-15)14-11-21-22-12-14;16-13-5-1-11(2-6-13)15(19,9-10-18)12-3-7-14(17)8-4-12/h1-8,11-12,23H,9H2,(H,21,22);1-8,19H,9H2. The van der Waals surface area contributed by atoms with Crippen LogP contribution in [0.1, 0.15) is 35.1 Å². The molecule has 0 radical (unpaired) electrons. The molecule has 2 unspecified atom stereocenters. The Hall–Kier alpha value is -3.70. The van der Waals surface area contributed by atoms with Crippen LogP contribution in [0.4, 0.5) is 0 Å². The van der Waals surface area contributed by atoms with Crippen molar-refractivity contribution in [3.63, 3.8) is 0 Å². The molecule has 6 nitrogen and oxygen atoms in total. The van der Waals surface area contributed by atoms with E-state index in [1.165, 1.54) is 0 Å². The molecule has 42 heavy (non-hydrogen) atoms. The molecule has 0 aliphatic carbocycles. The van der Waals surface area contributed by atoms with Gasteiger partial charge in [-0.25, -0.2) is 0 Å². The number of H-pyrrole nitrogens is 1. The van der Waals surface area contributed by atoms with E-state index in [1.807, 2.05) is 54.6 Å². The van der Waals surface area contributed by atoms with Gasteiger partial charge in [-0.3, -0.25) is 5.10 Å². The molecule has 5 aromatic rings. The molecule has 0 saturated heterocycles. The zero-order valence-corrected chi connectivity index (χ0v) is 25.8. The lowest BCUT2D eigenvalue weighted by Gasteiger charge is -2.27. The molecule has 4 aromatic carbocycles. The van der Waals surface area contributed by atoms with E-state index in [0.717, 1.165) is 14.7 Å². The lowest BCUT2D eigenvalue weighted by Crippen LogP contribution is -2.26. The number of aromatic amines is 1. The Labute approximate surface area is 267 Å². The lowest BCUT2D eigenvalue weighted by atomic mass is 9.83. The van der Waals surface area contributed by atoms with Gasteiger partial charge in [-0.15, -0.1) is 0 Å². The molecule has 0 saturated carbocycles. The van der Waals surface area contributed by atoms with Gasteiger partial charge >= 0.3 is 0 Å². The molecule has 210 valence electrons. The summed E-state index contributed by atoms with van der Waals surface area (Å²) < 4.78 is 1.08. The van der Waals surface area contributed by atoms with Crippen molar-refractivity contribution >= 4 is 45.8 Å².